The van der Waals surface area contributed by atoms with Crippen LogP contribution in [0.5, 0.6) is 5.75 Å². The molecule has 0 aliphatic rings. The Morgan fingerprint density at radius 1 is 1.03 bits per heavy atom. The zero-order valence-corrected chi connectivity index (χ0v) is 17.1. The van der Waals surface area contributed by atoms with Crippen LogP contribution < -0.4 is 15.4 Å². The Bertz CT molecular complexity index is 1190. The summed E-state index contributed by atoms with van der Waals surface area (Å²) in [5.74, 6) is -3.00. The lowest BCUT2D eigenvalue weighted by atomic mass is 10.0. The summed E-state index contributed by atoms with van der Waals surface area (Å²) in [6, 6.07) is 17.1. The van der Waals surface area contributed by atoms with Crippen LogP contribution in [-0.4, -0.2) is 18.9 Å². The highest BCUT2D eigenvalue weighted by Crippen LogP contribution is 2.20. The van der Waals surface area contributed by atoms with E-state index in [-0.39, 0.29) is 17.7 Å². The first-order chi connectivity index (χ1) is 15.4. The van der Waals surface area contributed by atoms with Gasteiger partial charge in [0.2, 0.25) is 5.91 Å². The maximum atomic E-state index is 13.6. The van der Waals surface area contributed by atoms with Crippen LogP contribution in [0.2, 0.25) is 0 Å². The van der Waals surface area contributed by atoms with Gasteiger partial charge in [-0.25, -0.2) is 8.78 Å². The van der Waals surface area contributed by atoms with Crippen LogP contribution in [0, 0.1) is 23.0 Å². The lowest BCUT2D eigenvalue weighted by Crippen LogP contribution is -2.39. The van der Waals surface area contributed by atoms with E-state index in [0.717, 1.165) is 12.1 Å². The average molecular weight is 435 g/mol. The summed E-state index contributed by atoms with van der Waals surface area (Å²) in [6.45, 7) is 0.129. The molecule has 8 heteroatoms. The molecule has 0 aliphatic carbocycles. The lowest BCUT2D eigenvalue weighted by molar-refractivity contribution is -0.122. The number of nitriles is 1. The van der Waals surface area contributed by atoms with E-state index >= 15 is 0 Å². The number of hydrogen-bond acceptors (Lipinski definition) is 4. The summed E-state index contributed by atoms with van der Waals surface area (Å²) >= 11 is 0. The minimum Gasteiger partial charge on any atom is -0.489 e. The summed E-state index contributed by atoms with van der Waals surface area (Å²) in [7, 11) is 1.37. The number of ether oxygens (including phenoxy) is 1. The number of halogens is 2. The van der Waals surface area contributed by atoms with Gasteiger partial charge in [0.15, 0.2) is 11.6 Å². The van der Waals surface area contributed by atoms with Gasteiger partial charge in [-0.2, -0.15) is 5.26 Å². The fourth-order valence-electron chi connectivity index (χ4n) is 2.99. The van der Waals surface area contributed by atoms with Crippen molar-refractivity contribution in [3.8, 4) is 11.8 Å². The molecule has 162 valence electrons. The third-order valence-electron chi connectivity index (χ3n) is 4.69. The molecule has 6 nitrogen and oxygen atoms in total. The summed E-state index contributed by atoms with van der Waals surface area (Å²) in [6.07, 6.45) is 0. The van der Waals surface area contributed by atoms with Crippen molar-refractivity contribution in [1.29, 1.82) is 5.26 Å². The monoisotopic (exact) mass is 435 g/mol. The molecule has 0 radical (unpaired) electrons. The maximum Gasteiger partial charge on any atom is 0.252 e. The zero-order chi connectivity index (χ0) is 23.1. The number of likely N-dealkylation sites (N-methyl/N-ethyl adjacent to an activating group) is 1. The molecule has 0 saturated heterocycles. The van der Waals surface area contributed by atoms with E-state index in [1.54, 1.807) is 36.4 Å². The maximum absolute atomic E-state index is 13.6. The van der Waals surface area contributed by atoms with Crippen molar-refractivity contribution in [1.82, 2.24) is 10.6 Å². The molecule has 3 rings (SSSR count). The van der Waals surface area contributed by atoms with Crippen molar-refractivity contribution in [3.63, 3.8) is 0 Å². The standard InChI is InChI=1S/C24H19F2N3O3/c1-28-24(31)22(15-9-10-20(25)21(26)12-15)29-23(30)16-7-4-8-19(11-16)32-14-18-6-3-2-5-17(18)13-27/h2-12,22H,14H2,1H3,(H,28,31)(H,29,30). The van der Waals surface area contributed by atoms with Gasteiger partial charge in [0.1, 0.15) is 18.4 Å². The van der Waals surface area contributed by atoms with Gasteiger partial charge in [0.05, 0.1) is 11.6 Å². The number of nitrogens with zero attached hydrogens (tertiary/aromatic N) is 1. The van der Waals surface area contributed by atoms with Crippen LogP contribution in [0.3, 0.4) is 0 Å². The lowest BCUT2D eigenvalue weighted by Gasteiger charge is -2.18. The van der Waals surface area contributed by atoms with E-state index < -0.39 is 29.5 Å². The summed E-state index contributed by atoms with van der Waals surface area (Å²) < 4.78 is 32.6. The van der Waals surface area contributed by atoms with Crippen LogP contribution >= 0.6 is 0 Å². The van der Waals surface area contributed by atoms with Crippen molar-refractivity contribution in [3.05, 3.63) is 101 Å². The molecule has 0 bridgehead atoms. The minimum absolute atomic E-state index is 0.0946. The molecule has 2 amide bonds. The highest BCUT2D eigenvalue weighted by molar-refractivity contribution is 5.98. The Morgan fingerprint density at radius 3 is 2.53 bits per heavy atom. The van der Waals surface area contributed by atoms with Gasteiger partial charge in [-0.1, -0.05) is 30.3 Å². The third kappa shape index (κ3) is 5.26. The van der Waals surface area contributed by atoms with Gasteiger partial charge in [-0.3, -0.25) is 9.59 Å². The first-order valence-electron chi connectivity index (χ1n) is 9.61. The van der Waals surface area contributed by atoms with Crippen LogP contribution in [-0.2, 0) is 11.4 Å². The largest absolute Gasteiger partial charge is 0.489 e. The minimum atomic E-state index is -1.23. The van der Waals surface area contributed by atoms with Gasteiger partial charge in [-0.15, -0.1) is 0 Å². The fourth-order valence-corrected chi connectivity index (χ4v) is 2.99. The number of carbonyl (C=O) groups excluding carboxylic acids is 2. The molecule has 0 aromatic heterocycles. The fraction of sp³-hybridized carbons (Fsp3) is 0.125. The number of carbonyl (C=O) groups is 2. The Balaban J connectivity index is 1.77. The van der Waals surface area contributed by atoms with E-state index in [9.17, 15) is 23.6 Å². The summed E-state index contributed by atoms with van der Waals surface area (Å²) in [4.78, 5) is 25.0. The number of nitrogens with one attached hydrogen (secondary N) is 2. The van der Waals surface area contributed by atoms with Gasteiger partial charge in [-0.05, 0) is 42.0 Å². The Morgan fingerprint density at radius 2 is 1.81 bits per heavy atom. The van der Waals surface area contributed by atoms with E-state index in [4.69, 9.17) is 4.74 Å². The molecule has 0 aliphatic heterocycles. The highest BCUT2D eigenvalue weighted by atomic mass is 19.2. The second-order valence-corrected chi connectivity index (χ2v) is 6.78. The molecule has 2 N–H and O–H groups in total. The Labute approximate surface area is 183 Å². The first kappa shape index (κ1) is 22.4. The molecule has 3 aromatic carbocycles. The second-order valence-electron chi connectivity index (χ2n) is 6.78. The topological polar surface area (TPSA) is 91.2 Å². The van der Waals surface area contributed by atoms with Gasteiger partial charge < -0.3 is 15.4 Å². The molecule has 0 heterocycles. The van der Waals surface area contributed by atoms with Crippen molar-refractivity contribution in [2.24, 2.45) is 0 Å². The van der Waals surface area contributed by atoms with Gasteiger partial charge in [0.25, 0.3) is 5.91 Å². The second kappa shape index (κ2) is 10.2. The Kier molecular flexibility index (Phi) is 7.13. The van der Waals surface area contributed by atoms with E-state index in [1.165, 1.54) is 25.2 Å². The number of benzene rings is 3. The first-order valence-corrected chi connectivity index (χ1v) is 9.61. The number of rotatable bonds is 7. The van der Waals surface area contributed by atoms with E-state index in [1.807, 2.05) is 0 Å². The van der Waals surface area contributed by atoms with Crippen LogP contribution in [0.4, 0.5) is 8.78 Å². The average Bonchev–Trinajstić information content (AvgIpc) is 2.82. The Hall–Kier alpha value is -4.25. The van der Waals surface area contributed by atoms with Crippen molar-refractivity contribution in [2.45, 2.75) is 12.6 Å². The van der Waals surface area contributed by atoms with Crippen molar-refractivity contribution in [2.75, 3.05) is 7.05 Å². The predicted octanol–water partition coefficient (Wildman–Crippen LogP) is 3.63. The third-order valence-corrected chi connectivity index (χ3v) is 4.69. The van der Waals surface area contributed by atoms with Gasteiger partial charge >= 0.3 is 0 Å². The SMILES string of the molecule is CNC(=O)C(NC(=O)c1cccc(OCc2ccccc2C#N)c1)c1ccc(F)c(F)c1. The molecule has 1 unspecified atom stereocenters. The molecular weight excluding hydrogens is 416 g/mol. The quantitative estimate of drug-likeness (QED) is 0.593. The van der Waals surface area contributed by atoms with Crippen LogP contribution in [0.15, 0.2) is 66.7 Å². The van der Waals surface area contributed by atoms with E-state index in [0.29, 0.717) is 16.9 Å². The zero-order valence-electron chi connectivity index (χ0n) is 17.1. The normalized spacial score (nSPS) is 11.2. The number of amides is 2. The molecule has 1 atom stereocenters. The molecule has 32 heavy (non-hydrogen) atoms. The summed E-state index contributed by atoms with van der Waals surface area (Å²) in [5.41, 5.74) is 1.48. The van der Waals surface area contributed by atoms with E-state index in [2.05, 4.69) is 16.7 Å². The molecule has 0 spiro atoms. The molecule has 0 saturated carbocycles. The van der Waals surface area contributed by atoms with Crippen LogP contribution in [0.25, 0.3) is 0 Å². The highest BCUT2D eigenvalue weighted by Gasteiger charge is 2.24. The number of hydrogen-bond donors (Lipinski definition) is 2. The van der Waals surface area contributed by atoms with Crippen LogP contribution in [0.1, 0.15) is 33.1 Å². The molecular formula is C24H19F2N3O3. The molecule has 0 fully saturated rings. The smallest absolute Gasteiger partial charge is 0.252 e. The molecule has 3 aromatic rings. The summed E-state index contributed by atoms with van der Waals surface area (Å²) in [5, 5.41) is 14.1. The van der Waals surface area contributed by atoms with Gasteiger partial charge in [0, 0.05) is 18.2 Å². The van der Waals surface area contributed by atoms with Crippen molar-refractivity contribution >= 4 is 11.8 Å². The van der Waals surface area contributed by atoms with Crippen molar-refractivity contribution < 1.29 is 23.1 Å². The predicted molar refractivity (Wildman–Crippen MR) is 113 cm³/mol.